The number of esters is 1. The Morgan fingerprint density at radius 2 is 1.54 bits per heavy atom. The summed E-state index contributed by atoms with van der Waals surface area (Å²) in [5.41, 5.74) is 0.0428. The van der Waals surface area contributed by atoms with Gasteiger partial charge in [-0.15, -0.1) is 0 Å². The SMILES string of the molecule is CC(C)[C@@H]1CCC2(C(=O)OCC(=O)O)CC[C@]3(C)[C@H](CCC4[C@@]5(C)CC[C@H](O)C(C)(C)[C@@H]5CC[C@]43C)C12. The van der Waals surface area contributed by atoms with Crippen LogP contribution in [0.15, 0.2) is 0 Å². The zero-order valence-corrected chi connectivity index (χ0v) is 24.4. The molecule has 5 nitrogen and oxygen atoms in total. The van der Waals surface area contributed by atoms with Gasteiger partial charge in [0.05, 0.1) is 11.5 Å². The van der Waals surface area contributed by atoms with E-state index in [1.165, 1.54) is 19.3 Å². The van der Waals surface area contributed by atoms with Crippen molar-refractivity contribution >= 4 is 11.9 Å². The average Bonchev–Trinajstić information content (AvgIpc) is 3.22. The second-order valence-corrected chi connectivity index (χ2v) is 15.6. The normalized spacial score (nSPS) is 50.4. The number of hydrogen-bond donors (Lipinski definition) is 2. The van der Waals surface area contributed by atoms with Gasteiger partial charge in [0.15, 0.2) is 6.61 Å². The highest BCUT2D eigenvalue weighted by Gasteiger charge is 2.72. The van der Waals surface area contributed by atoms with E-state index in [9.17, 15) is 19.8 Å². The third-order valence-corrected chi connectivity index (χ3v) is 14.1. The third kappa shape index (κ3) is 3.57. The van der Waals surface area contributed by atoms with Crippen molar-refractivity contribution in [2.45, 2.75) is 119 Å². The van der Waals surface area contributed by atoms with Crippen LogP contribution >= 0.6 is 0 Å². The Labute approximate surface area is 224 Å². The third-order valence-electron chi connectivity index (χ3n) is 14.1. The van der Waals surface area contributed by atoms with E-state index in [2.05, 4.69) is 48.5 Å². The Morgan fingerprint density at radius 1 is 0.838 bits per heavy atom. The van der Waals surface area contributed by atoms with Crippen LogP contribution in [0, 0.1) is 62.6 Å². The summed E-state index contributed by atoms with van der Waals surface area (Å²) in [6.07, 6.45) is 10.3. The molecule has 37 heavy (non-hydrogen) atoms. The van der Waals surface area contributed by atoms with Gasteiger partial charge in [-0.05, 0) is 121 Å². The molecule has 0 spiro atoms. The predicted octanol–water partition coefficient (Wildman–Crippen LogP) is 6.71. The van der Waals surface area contributed by atoms with Crippen LogP contribution in [0.5, 0.6) is 0 Å². The monoisotopic (exact) mass is 516 g/mol. The quantitative estimate of drug-likeness (QED) is 0.406. The first kappa shape index (κ1) is 27.5. The smallest absolute Gasteiger partial charge is 0.341 e. The summed E-state index contributed by atoms with van der Waals surface area (Å²) in [7, 11) is 0. The lowest BCUT2D eigenvalue weighted by atomic mass is 9.32. The lowest BCUT2D eigenvalue weighted by molar-refractivity contribution is -0.250. The first-order valence-electron chi connectivity index (χ1n) is 15.2. The largest absolute Gasteiger partial charge is 0.479 e. The van der Waals surface area contributed by atoms with Gasteiger partial charge in [0, 0.05) is 0 Å². The maximum absolute atomic E-state index is 13.6. The number of aliphatic hydroxyl groups is 1. The van der Waals surface area contributed by atoms with Crippen LogP contribution in [0.4, 0.5) is 0 Å². The Bertz CT molecular complexity index is 941. The molecule has 0 saturated heterocycles. The lowest BCUT2D eigenvalue weighted by Gasteiger charge is -2.72. The Hall–Kier alpha value is -1.10. The molecular formula is C32H52O5. The highest BCUT2D eigenvalue weighted by molar-refractivity contribution is 5.81. The molecule has 5 rings (SSSR count). The highest BCUT2D eigenvalue weighted by Crippen LogP contribution is 2.77. The number of carboxylic acid groups (broad SMARTS) is 1. The second-order valence-electron chi connectivity index (χ2n) is 15.6. The first-order valence-corrected chi connectivity index (χ1v) is 15.2. The molecule has 5 aliphatic carbocycles. The summed E-state index contributed by atoms with van der Waals surface area (Å²) in [6.45, 7) is 16.4. The minimum atomic E-state index is -1.07. The van der Waals surface area contributed by atoms with Crippen molar-refractivity contribution in [2.24, 2.45) is 62.6 Å². The summed E-state index contributed by atoms with van der Waals surface area (Å²) in [5.74, 6) is 1.61. The number of fused-ring (bicyclic) bond motifs is 7. The molecule has 0 aliphatic heterocycles. The van der Waals surface area contributed by atoms with E-state index in [0.29, 0.717) is 29.6 Å². The van der Waals surface area contributed by atoms with Gasteiger partial charge in [0.2, 0.25) is 0 Å². The topological polar surface area (TPSA) is 83.8 Å². The molecule has 0 amide bonds. The molecule has 3 unspecified atom stereocenters. The second kappa shape index (κ2) is 8.70. The number of aliphatic carboxylic acids is 1. The number of rotatable bonds is 4. The van der Waals surface area contributed by atoms with E-state index in [-0.39, 0.29) is 39.7 Å². The Morgan fingerprint density at radius 3 is 2.19 bits per heavy atom. The van der Waals surface area contributed by atoms with Crippen LogP contribution in [0.3, 0.4) is 0 Å². The molecule has 0 aromatic carbocycles. The number of hydrogen-bond acceptors (Lipinski definition) is 4. The van der Waals surface area contributed by atoms with Gasteiger partial charge in [-0.2, -0.15) is 0 Å². The van der Waals surface area contributed by atoms with E-state index >= 15 is 0 Å². The van der Waals surface area contributed by atoms with E-state index in [1.807, 2.05) is 0 Å². The van der Waals surface area contributed by atoms with Gasteiger partial charge in [0.1, 0.15) is 0 Å². The van der Waals surface area contributed by atoms with Gasteiger partial charge in [-0.25, -0.2) is 4.79 Å². The molecule has 0 bridgehead atoms. The summed E-state index contributed by atoms with van der Waals surface area (Å²) in [6, 6.07) is 0. The van der Waals surface area contributed by atoms with Gasteiger partial charge in [-0.1, -0.05) is 48.5 Å². The van der Waals surface area contributed by atoms with E-state index < -0.39 is 18.0 Å². The molecule has 5 saturated carbocycles. The van der Waals surface area contributed by atoms with Crippen LogP contribution in [0.25, 0.3) is 0 Å². The van der Waals surface area contributed by atoms with E-state index in [1.54, 1.807) is 0 Å². The average molecular weight is 517 g/mol. The minimum absolute atomic E-state index is 0.0457. The van der Waals surface area contributed by atoms with E-state index in [0.717, 1.165) is 44.9 Å². The Kier molecular flexibility index (Phi) is 6.46. The molecular weight excluding hydrogens is 464 g/mol. The van der Waals surface area contributed by atoms with Gasteiger partial charge in [0.25, 0.3) is 0 Å². The number of carbonyl (C=O) groups excluding carboxylic acids is 1. The van der Waals surface area contributed by atoms with Crippen molar-refractivity contribution in [2.75, 3.05) is 6.61 Å². The molecule has 210 valence electrons. The standard InChI is InChI=1S/C32H52O5/c1-19(2)20-10-15-32(27(36)37-18-25(34)35)17-16-30(6)21(26(20)32)8-9-23-29(5)13-12-24(33)28(3,4)22(29)11-14-31(23,30)7/h19-24,26,33H,8-18H2,1-7H3,(H,34,35)/t20-,21+,22-,23?,24-,26?,29-,30+,31+,32?/m0/s1. The molecule has 5 aliphatic rings. The molecule has 5 fully saturated rings. The minimum Gasteiger partial charge on any atom is -0.479 e. The maximum atomic E-state index is 13.6. The molecule has 0 radical (unpaired) electrons. The molecule has 0 aromatic rings. The van der Waals surface area contributed by atoms with Crippen LogP contribution < -0.4 is 0 Å². The van der Waals surface area contributed by atoms with Crippen molar-refractivity contribution in [3.63, 3.8) is 0 Å². The molecule has 5 heteroatoms. The van der Waals surface area contributed by atoms with Gasteiger partial charge >= 0.3 is 11.9 Å². The first-order chi connectivity index (χ1) is 17.1. The van der Waals surface area contributed by atoms with Crippen molar-refractivity contribution in [1.82, 2.24) is 0 Å². The number of carbonyl (C=O) groups is 2. The van der Waals surface area contributed by atoms with Crippen LogP contribution in [0.1, 0.15) is 113 Å². The van der Waals surface area contributed by atoms with Crippen molar-refractivity contribution in [3.05, 3.63) is 0 Å². The maximum Gasteiger partial charge on any atom is 0.341 e. The van der Waals surface area contributed by atoms with Crippen molar-refractivity contribution in [3.8, 4) is 0 Å². The molecule has 2 N–H and O–H groups in total. The van der Waals surface area contributed by atoms with Gasteiger partial charge in [-0.3, -0.25) is 4.79 Å². The number of ether oxygens (including phenoxy) is 1. The van der Waals surface area contributed by atoms with Gasteiger partial charge < -0.3 is 14.9 Å². The number of carboxylic acids is 1. The summed E-state index contributed by atoms with van der Waals surface area (Å²) < 4.78 is 5.48. The lowest BCUT2D eigenvalue weighted by Crippen LogP contribution is -2.67. The summed E-state index contributed by atoms with van der Waals surface area (Å²) in [4.78, 5) is 24.9. The van der Waals surface area contributed by atoms with Crippen molar-refractivity contribution in [1.29, 1.82) is 0 Å². The fourth-order valence-corrected chi connectivity index (χ4v) is 12.0. The number of aliphatic hydroxyl groups excluding tert-OH is 1. The zero-order valence-electron chi connectivity index (χ0n) is 24.4. The predicted molar refractivity (Wildman–Crippen MR) is 144 cm³/mol. The van der Waals surface area contributed by atoms with Crippen LogP contribution in [-0.4, -0.2) is 34.9 Å². The van der Waals surface area contributed by atoms with E-state index in [4.69, 9.17) is 4.74 Å². The fourth-order valence-electron chi connectivity index (χ4n) is 12.0. The Balaban J connectivity index is 1.52. The fraction of sp³-hybridized carbons (Fsp3) is 0.938. The van der Waals surface area contributed by atoms with Crippen LogP contribution in [-0.2, 0) is 14.3 Å². The highest BCUT2D eigenvalue weighted by atomic mass is 16.6. The molecule has 0 heterocycles. The molecule has 0 aromatic heterocycles. The zero-order chi connectivity index (χ0) is 27.2. The van der Waals surface area contributed by atoms with Crippen LogP contribution in [0.2, 0.25) is 0 Å². The molecule has 10 atom stereocenters. The van der Waals surface area contributed by atoms with Crippen molar-refractivity contribution < 1.29 is 24.5 Å². The summed E-state index contributed by atoms with van der Waals surface area (Å²) in [5, 5.41) is 20.2. The summed E-state index contributed by atoms with van der Waals surface area (Å²) >= 11 is 0.